The van der Waals surface area contributed by atoms with E-state index in [1.807, 2.05) is 6.07 Å². The topological polar surface area (TPSA) is 99.4 Å². The van der Waals surface area contributed by atoms with E-state index in [-0.39, 0.29) is 17.8 Å². The maximum atomic E-state index is 13.0. The first kappa shape index (κ1) is 19.0. The summed E-state index contributed by atoms with van der Waals surface area (Å²) < 4.78 is 5.78. The van der Waals surface area contributed by atoms with Crippen LogP contribution in [0.2, 0.25) is 0 Å². The van der Waals surface area contributed by atoms with Gasteiger partial charge in [0, 0.05) is 12.1 Å². The van der Waals surface area contributed by atoms with Crippen LogP contribution >= 0.6 is 0 Å². The second-order valence-corrected chi connectivity index (χ2v) is 7.27. The predicted molar refractivity (Wildman–Crippen MR) is 109 cm³/mol. The molecular formula is C22H23N3O4. The number of carbonyl (C=O) groups excluding carboxylic acids is 2. The van der Waals surface area contributed by atoms with Crippen LogP contribution in [-0.2, 0) is 9.59 Å². The minimum atomic E-state index is -0.804. The van der Waals surface area contributed by atoms with E-state index in [1.165, 1.54) is 4.90 Å². The van der Waals surface area contributed by atoms with E-state index in [9.17, 15) is 14.7 Å². The number of anilines is 1. The summed E-state index contributed by atoms with van der Waals surface area (Å²) in [5.41, 5.74) is 2.16. The third-order valence-electron chi connectivity index (χ3n) is 5.23. The summed E-state index contributed by atoms with van der Waals surface area (Å²) >= 11 is 0. The van der Waals surface area contributed by atoms with Gasteiger partial charge in [-0.05, 0) is 43.7 Å². The number of aliphatic hydroxyl groups excluding tert-OH is 1. The molecule has 3 aromatic rings. The van der Waals surface area contributed by atoms with Gasteiger partial charge in [-0.2, -0.15) is 0 Å². The van der Waals surface area contributed by atoms with Crippen LogP contribution in [0.3, 0.4) is 0 Å². The fourth-order valence-electron chi connectivity index (χ4n) is 3.77. The van der Waals surface area contributed by atoms with Gasteiger partial charge in [-0.3, -0.25) is 14.5 Å². The van der Waals surface area contributed by atoms with E-state index in [0.29, 0.717) is 29.1 Å². The summed E-state index contributed by atoms with van der Waals surface area (Å²) in [4.78, 5) is 34.6. The zero-order valence-electron chi connectivity index (χ0n) is 16.4. The second kappa shape index (κ2) is 7.58. The number of H-pyrrole nitrogens is 1. The Kier molecular flexibility index (Phi) is 4.96. The minimum absolute atomic E-state index is 0.0996. The molecule has 0 spiro atoms. The largest absolute Gasteiger partial charge is 0.503 e. The normalized spacial score (nSPS) is 17.0. The molecule has 1 aliphatic rings. The molecule has 29 heavy (non-hydrogen) atoms. The van der Waals surface area contributed by atoms with Crippen LogP contribution in [0.4, 0.5) is 5.69 Å². The number of aryl methyl sites for hydroxylation is 1. The van der Waals surface area contributed by atoms with Crippen LogP contribution in [0.25, 0.3) is 11.0 Å². The molecule has 0 fully saturated rings. The van der Waals surface area contributed by atoms with Crippen molar-refractivity contribution in [3.8, 4) is 0 Å². The highest BCUT2D eigenvalue weighted by Gasteiger charge is 2.45. The van der Waals surface area contributed by atoms with Gasteiger partial charge in [0.05, 0.1) is 22.9 Å². The Morgan fingerprint density at radius 3 is 2.83 bits per heavy atom. The number of furan rings is 1. The number of Topliss-reactive ketones (excluding diaryl/α,β-unsaturated/α-hetero) is 1. The molecule has 7 heteroatoms. The van der Waals surface area contributed by atoms with Gasteiger partial charge in [0.15, 0.2) is 11.5 Å². The van der Waals surface area contributed by atoms with E-state index >= 15 is 0 Å². The maximum absolute atomic E-state index is 13.0. The zero-order valence-corrected chi connectivity index (χ0v) is 16.4. The Morgan fingerprint density at radius 2 is 2.10 bits per heavy atom. The number of amides is 1. The molecule has 0 bridgehead atoms. The molecule has 1 atom stereocenters. The number of unbranched alkanes of at least 4 members (excludes halogenated alkanes) is 2. The number of hydrogen-bond donors (Lipinski definition) is 2. The first-order valence-electron chi connectivity index (χ1n) is 9.80. The number of nitrogens with one attached hydrogen (secondary N) is 1. The molecule has 1 aliphatic heterocycles. The SMILES string of the molecule is CCCCCC(=O)C1=C(O)C(=O)N(c2ccc3[nH]cnc3c2)C1c1ccc(C)o1. The molecule has 1 amide bonds. The van der Waals surface area contributed by atoms with Crippen molar-refractivity contribution in [2.24, 2.45) is 0 Å². The van der Waals surface area contributed by atoms with Crippen LogP contribution < -0.4 is 4.90 Å². The van der Waals surface area contributed by atoms with Crippen molar-refractivity contribution in [2.45, 2.75) is 45.6 Å². The Hall–Kier alpha value is -3.35. The average Bonchev–Trinajstić information content (AvgIpc) is 3.40. The van der Waals surface area contributed by atoms with Crippen molar-refractivity contribution in [1.82, 2.24) is 9.97 Å². The minimum Gasteiger partial charge on any atom is -0.503 e. The van der Waals surface area contributed by atoms with Gasteiger partial charge in [-0.1, -0.05) is 19.8 Å². The summed E-state index contributed by atoms with van der Waals surface area (Å²) in [5.74, 6) is -0.239. The zero-order chi connectivity index (χ0) is 20.5. The number of carbonyl (C=O) groups is 2. The molecular weight excluding hydrogens is 370 g/mol. The lowest BCUT2D eigenvalue weighted by atomic mass is 9.97. The molecule has 2 aromatic heterocycles. The van der Waals surface area contributed by atoms with Crippen LogP contribution in [0.1, 0.15) is 50.2 Å². The Bertz CT molecular complexity index is 1110. The molecule has 3 heterocycles. The lowest BCUT2D eigenvalue weighted by Crippen LogP contribution is -2.30. The highest BCUT2D eigenvalue weighted by atomic mass is 16.3. The summed E-state index contributed by atoms with van der Waals surface area (Å²) in [6.45, 7) is 3.86. The molecule has 2 N–H and O–H groups in total. The summed E-state index contributed by atoms with van der Waals surface area (Å²) in [5, 5.41) is 10.6. The number of aromatic amines is 1. The van der Waals surface area contributed by atoms with Crippen molar-refractivity contribution >= 4 is 28.4 Å². The number of hydrogen-bond acceptors (Lipinski definition) is 5. The highest BCUT2D eigenvalue weighted by Crippen LogP contribution is 2.42. The number of ketones is 1. The van der Waals surface area contributed by atoms with Gasteiger partial charge in [-0.15, -0.1) is 0 Å². The molecule has 7 nitrogen and oxygen atoms in total. The number of imidazole rings is 1. The Labute approximate surface area is 168 Å². The molecule has 1 unspecified atom stereocenters. The smallest absolute Gasteiger partial charge is 0.294 e. The highest BCUT2D eigenvalue weighted by molar-refractivity contribution is 6.16. The Morgan fingerprint density at radius 1 is 1.28 bits per heavy atom. The number of rotatable bonds is 7. The molecule has 0 radical (unpaired) electrons. The van der Waals surface area contributed by atoms with Crippen LogP contribution in [0, 0.1) is 6.92 Å². The maximum Gasteiger partial charge on any atom is 0.294 e. The van der Waals surface area contributed by atoms with Crippen LogP contribution in [-0.4, -0.2) is 26.8 Å². The first-order chi connectivity index (χ1) is 14.0. The second-order valence-electron chi connectivity index (χ2n) is 7.27. The summed E-state index contributed by atoms with van der Waals surface area (Å²) in [6.07, 6.45) is 4.46. The molecule has 0 aliphatic carbocycles. The van der Waals surface area contributed by atoms with Gasteiger partial charge < -0.3 is 14.5 Å². The predicted octanol–water partition coefficient (Wildman–Crippen LogP) is 4.51. The van der Waals surface area contributed by atoms with Crippen molar-refractivity contribution < 1.29 is 19.1 Å². The third kappa shape index (κ3) is 3.33. The fourth-order valence-corrected chi connectivity index (χ4v) is 3.77. The molecule has 4 rings (SSSR count). The molecule has 1 aromatic carbocycles. The van der Waals surface area contributed by atoms with E-state index in [2.05, 4.69) is 16.9 Å². The van der Waals surface area contributed by atoms with Gasteiger partial charge in [0.2, 0.25) is 0 Å². The summed E-state index contributed by atoms with van der Waals surface area (Å²) in [7, 11) is 0. The summed E-state index contributed by atoms with van der Waals surface area (Å²) in [6, 6.07) is 8.05. The van der Waals surface area contributed by atoms with Crippen LogP contribution in [0.5, 0.6) is 0 Å². The lowest BCUT2D eigenvalue weighted by Gasteiger charge is -2.25. The quantitative estimate of drug-likeness (QED) is 0.575. The van der Waals surface area contributed by atoms with Gasteiger partial charge in [0.1, 0.15) is 17.6 Å². The van der Waals surface area contributed by atoms with Crippen molar-refractivity contribution in [1.29, 1.82) is 0 Å². The molecule has 0 saturated heterocycles. The van der Waals surface area contributed by atoms with E-state index < -0.39 is 17.7 Å². The van der Waals surface area contributed by atoms with E-state index in [1.54, 1.807) is 37.5 Å². The standard InChI is InChI=1S/C22H23N3O4/c1-3-4-5-6-17(26)19-20(18-10-7-13(2)29-18)25(22(28)21(19)27)14-8-9-15-16(11-14)24-12-23-15/h7-12,20,27H,3-6H2,1-2H3,(H,23,24). The number of aliphatic hydroxyl groups is 1. The van der Waals surface area contributed by atoms with Gasteiger partial charge in [0.25, 0.3) is 5.91 Å². The average molecular weight is 393 g/mol. The monoisotopic (exact) mass is 393 g/mol. The van der Waals surface area contributed by atoms with E-state index in [0.717, 1.165) is 18.4 Å². The fraction of sp³-hybridized carbons (Fsp3) is 0.318. The van der Waals surface area contributed by atoms with Crippen molar-refractivity contribution in [2.75, 3.05) is 4.90 Å². The van der Waals surface area contributed by atoms with Crippen LogP contribution in [0.15, 0.2) is 52.4 Å². The number of benzene rings is 1. The Balaban J connectivity index is 1.78. The van der Waals surface area contributed by atoms with Gasteiger partial charge >= 0.3 is 0 Å². The molecule has 0 saturated carbocycles. The number of fused-ring (bicyclic) bond motifs is 1. The number of nitrogens with zero attached hydrogens (tertiary/aromatic N) is 2. The first-order valence-corrected chi connectivity index (χ1v) is 9.80. The van der Waals surface area contributed by atoms with E-state index in [4.69, 9.17) is 4.42 Å². The van der Waals surface area contributed by atoms with Crippen molar-refractivity contribution in [3.05, 3.63) is 59.5 Å². The van der Waals surface area contributed by atoms with Gasteiger partial charge in [-0.25, -0.2) is 4.98 Å². The number of aromatic nitrogens is 2. The lowest BCUT2D eigenvalue weighted by molar-refractivity contribution is -0.118. The molecule has 150 valence electrons. The van der Waals surface area contributed by atoms with Crippen molar-refractivity contribution in [3.63, 3.8) is 0 Å². The third-order valence-corrected chi connectivity index (χ3v) is 5.23.